The first-order chi connectivity index (χ1) is 14.0. The van der Waals surface area contributed by atoms with Crippen LogP contribution in [-0.2, 0) is 0 Å². The van der Waals surface area contributed by atoms with Crippen molar-refractivity contribution in [3.05, 3.63) is 34.9 Å². The van der Waals surface area contributed by atoms with Gasteiger partial charge in [0.2, 0.25) is 0 Å². The van der Waals surface area contributed by atoms with E-state index in [1.54, 1.807) is 0 Å². The molecule has 0 nitrogen and oxygen atoms in total. The summed E-state index contributed by atoms with van der Waals surface area (Å²) in [7, 11) is 0. The number of fused-ring (bicyclic) bond motifs is 1. The Balaban J connectivity index is 1.70. The van der Waals surface area contributed by atoms with Gasteiger partial charge in [-0.15, -0.1) is 0 Å². The van der Waals surface area contributed by atoms with Crippen LogP contribution in [0.2, 0.25) is 0 Å². The van der Waals surface area contributed by atoms with Gasteiger partial charge in [0, 0.05) is 12.5 Å². The van der Waals surface area contributed by atoms with Crippen LogP contribution >= 0.6 is 0 Å². The van der Waals surface area contributed by atoms with E-state index in [0.29, 0.717) is 16.7 Å². The summed E-state index contributed by atoms with van der Waals surface area (Å²) in [6.45, 7) is 18.4. The maximum Gasteiger partial charge on any atom is 0.0316 e. The molecule has 1 saturated carbocycles. The van der Waals surface area contributed by atoms with Crippen LogP contribution < -0.4 is 0 Å². The quantitative estimate of drug-likeness (QED) is 0.330. The van der Waals surface area contributed by atoms with Crippen molar-refractivity contribution < 1.29 is 1.37 Å². The highest BCUT2D eigenvalue weighted by molar-refractivity contribution is 5.45. The van der Waals surface area contributed by atoms with Gasteiger partial charge in [-0.2, -0.15) is 0 Å². The van der Waals surface area contributed by atoms with Crippen LogP contribution in [0.15, 0.2) is 34.9 Å². The van der Waals surface area contributed by atoms with E-state index in [4.69, 9.17) is 1.37 Å². The molecule has 160 valence electrons. The van der Waals surface area contributed by atoms with Gasteiger partial charge in [-0.3, -0.25) is 0 Å². The summed E-state index contributed by atoms with van der Waals surface area (Å²) in [5.41, 5.74) is 5.84. The number of allylic oxidation sites excluding steroid dienone is 5. The van der Waals surface area contributed by atoms with Crippen LogP contribution in [0.25, 0.3) is 0 Å². The highest BCUT2D eigenvalue weighted by Gasteiger charge is 2.50. The minimum Gasteiger partial charge on any atom is -0.0995 e. The lowest BCUT2D eigenvalue weighted by Gasteiger charge is -2.42. The maximum absolute atomic E-state index is 8.22. The van der Waals surface area contributed by atoms with E-state index in [0.717, 1.165) is 30.3 Å². The van der Waals surface area contributed by atoms with Gasteiger partial charge in [-0.05, 0) is 86.9 Å². The van der Waals surface area contributed by atoms with Gasteiger partial charge in [0.1, 0.15) is 0 Å². The Morgan fingerprint density at radius 3 is 2.79 bits per heavy atom. The molecule has 3 aliphatic carbocycles. The number of rotatable bonds is 4. The molecule has 0 spiro atoms. The van der Waals surface area contributed by atoms with E-state index in [2.05, 4.69) is 66.0 Å². The van der Waals surface area contributed by atoms with E-state index < -0.39 is 0 Å². The predicted octanol–water partition coefficient (Wildman–Crippen LogP) is 8.65. The SMILES string of the molecule is [3H][C@@H]1CC(C#CC2=CCC[C@@]3(C)C2CCC3[C@H](C)CCCC(C)(C)C)=C(C)CC1=C. The molecule has 0 aromatic rings. The maximum atomic E-state index is 8.22. The average Bonchev–Trinajstić information content (AvgIpc) is 3.00. The van der Waals surface area contributed by atoms with Crippen LogP contribution in [-0.4, -0.2) is 0 Å². The summed E-state index contributed by atoms with van der Waals surface area (Å²) in [6, 6.07) is 0. The Morgan fingerprint density at radius 1 is 1.31 bits per heavy atom. The zero-order valence-corrected chi connectivity index (χ0v) is 20.0. The van der Waals surface area contributed by atoms with Crippen molar-refractivity contribution in [2.75, 3.05) is 0 Å². The monoisotopic (exact) mass is 394 g/mol. The smallest absolute Gasteiger partial charge is 0.0316 e. The second kappa shape index (κ2) is 8.88. The van der Waals surface area contributed by atoms with Crippen LogP contribution in [0.3, 0.4) is 0 Å². The molecule has 0 heteroatoms. The Bertz CT molecular complexity index is 777. The molecular weight excluding hydrogens is 348 g/mol. The van der Waals surface area contributed by atoms with Gasteiger partial charge in [-0.25, -0.2) is 0 Å². The zero-order chi connectivity index (χ0) is 22.1. The third-order valence-electron chi connectivity index (χ3n) is 8.07. The molecule has 3 aliphatic rings. The van der Waals surface area contributed by atoms with Gasteiger partial charge in [0.05, 0.1) is 0 Å². The zero-order valence-electron chi connectivity index (χ0n) is 21.0. The van der Waals surface area contributed by atoms with Crippen LogP contribution in [0.5, 0.6) is 0 Å². The summed E-state index contributed by atoms with van der Waals surface area (Å²) in [5.74, 6) is 9.42. The fourth-order valence-electron chi connectivity index (χ4n) is 6.29. The first-order valence-electron chi connectivity index (χ1n) is 12.6. The molecule has 5 atom stereocenters. The summed E-state index contributed by atoms with van der Waals surface area (Å²) in [4.78, 5) is 0. The van der Waals surface area contributed by atoms with Gasteiger partial charge < -0.3 is 0 Å². The van der Waals surface area contributed by atoms with E-state index in [-0.39, 0.29) is 6.40 Å². The lowest BCUT2D eigenvalue weighted by atomic mass is 9.62. The third kappa shape index (κ3) is 5.29. The molecule has 3 rings (SSSR count). The molecule has 0 amide bonds. The van der Waals surface area contributed by atoms with Crippen molar-refractivity contribution in [2.24, 2.45) is 28.6 Å². The first-order valence-corrected chi connectivity index (χ1v) is 12.0. The fraction of sp³-hybridized carbons (Fsp3) is 0.724. The molecule has 29 heavy (non-hydrogen) atoms. The minimum absolute atomic E-state index is 0.173. The van der Waals surface area contributed by atoms with E-state index in [1.165, 1.54) is 61.7 Å². The van der Waals surface area contributed by atoms with E-state index in [9.17, 15) is 0 Å². The Hall–Kier alpha value is -1.22. The molecule has 2 unspecified atom stereocenters. The van der Waals surface area contributed by atoms with Crippen LogP contribution in [0, 0.1) is 40.4 Å². The molecule has 0 aromatic carbocycles. The van der Waals surface area contributed by atoms with Gasteiger partial charge in [-0.1, -0.05) is 83.1 Å². The van der Waals surface area contributed by atoms with Crippen LogP contribution in [0.1, 0.15) is 107 Å². The first kappa shape index (κ1) is 21.0. The van der Waals surface area contributed by atoms with Gasteiger partial charge >= 0.3 is 0 Å². The second-order valence-corrected chi connectivity index (χ2v) is 11.6. The molecule has 0 aromatic heterocycles. The average molecular weight is 395 g/mol. The second-order valence-electron chi connectivity index (χ2n) is 11.6. The molecule has 0 bridgehead atoms. The Labute approximate surface area is 182 Å². The number of hydrogen-bond acceptors (Lipinski definition) is 0. The molecule has 0 radical (unpaired) electrons. The minimum atomic E-state index is -0.173. The molecule has 0 N–H and O–H groups in total. The van der Waals surface area contributed by atoms with Crippen LogP contribution in [0.4, 0.5) is 0 Å². The van der Waals surface area contributed by atoms with Gasteiger partial charge in [0.15, 0.2) is 0 Å². The molecule has 0 aliphatic heterocycles. The lowest BCUT2D eigenvalue weighted by Crippen LogP contribution is -2.35. The van der Waals surface area contributed by atoms with Gasteiger partial charge in [0.25, 0.3) is 0 Å². The summed E-state index contributed by atoms with van der Waals surface area (Å²) >= 11 is 0. The largest absolute Gasteiger partial charge is 0.0995 e. The van der Waals surface area contributed by atoms with Crippen molar-refractivity contribution in [3.63, 3.8) is 0 Å². The molecule has 0 heterocycles. The summed E-state index contributed by atoms with van der Waals surface area (Å²) in [5, 5.41) is 0. The Kier molecular flexibility index (Phi) is 6.44. The summed E-state index contributed by atoms with van der Waals surface area (Å²) < 4.78 is 8.22. The summed E-state index contributed by atoms with van der Waals surface area (Å²) in [6.07, 6.45) is 13.1. The van der Waals surface area contributed by atoms with Crippen molar-refractivity contribution in [1.29, 1.82) is 0 Å². The fourth-order valence-corrected chi connectivity index (χ4v) is 6.29. The Morgan fingerprint density at radius 2 is 2.07 bits per heavy atom. The molecular formula is C29H44. The lowest BCUT2D eigenvalue weighted by molar-refractivity contribution is 0.107. The predicted molar refractivity (Wildman–Crippen MR) is 128 cm³/mol. The highest BCUT2D eigenvalue weighted by atomic mass is 14.5. The standard InChI is InChI=1S/C29H44/c1-21-12-13-24(23(3)20-21)14-15-25-11-9-19-29(7)26(16-17-27(25)29)22(2)10-8-18-28(4,5)6/h11,22,26-27H,1,8-10,12-13,16-20H2,2-7H3/t22-,26?,27?,29-/m1/s1/i12T/t12-,22-,26?,27?,29-. The van der Waals surface area contributed by atoms with E-state index in [1.807, 2.05) is 0 Å². The normalized spacial score (nSPS) is 34.1. The third-order valence-corrected chi connectivity index (χ3v) is 8.07. The van der Waals surface area contributed by atoms with E-state index >= 15 is 0 Å². The number of hydrogen-bond donors (Lipinski definition) is 0. The molecule has 0 saturated heterocycles. The highest BCUT2D eigenvalue weighted by Crippen LogP contribution is 2.58. The van der Waals surface area contributed by atoms with Crippen molar-refractivity contribution in [2.45, 2.75) is 106 Å². The van der Waals surface area contributed by atoms with Crippen molar-refractivity contribution in [1.82, 2.24) is 0 Å². The topological polar surface area (TPSA) is 0 Å². The van der Waals surface area contributed by atoms with Crippen molar-refractivity contribution in [3.8, 4) is 11.8 Å². The van der Waals surface area contributed by atoms with Crippen molar-refractivity contribution >= 4 is 0 Å². The molecule has 1 fully saturated rings.